The van der Waals surface area contributed by atoms with Gasteiger partial charge in [-0.2, -0.15) is 0 Å². The van der Waals surface area contributed by atoms with Crippen molar-refractivity contribution in [2.45, 2.75) is 58.1 Å². The van der Waals surface area contributed by atoms with Crippen molar-refractivity contribution in [3.63, 3.8) is 0 Å². The standard InChI is InChI=1S/C17H26FNO/c1-17(2,3)10-14(20)11-19-13-8-12(9-13)15-6-4-5-7-16(15)18/h4-7,12-14,19-20H,8-11H2,1-3H3. The molecule has 1 aromatic rings. The van der Waals surface area contributed by atoms with Crippen LogP contribution in [0.2, 0.25) is 0 Å². The number of aliphatic hydroxyl groups excluding tert-OH is 1. The molecule has 2 N–H and O–H groups in total. The van der Waals surface area contributed by atoms with Gasteiger partial charge in [-0.3, -0.25) is 0 Å². The predicted molar refractivity (Wildman–Crippen MR) is 80.2 cm³/mol. The first kappa shape index (κ1) is 15.5. The molecule has 0 spiro atoms. The molecule has 0 saturated heterocycles. The lowest BCUT2D eigenvalue weighted by atomic mass is 9.75. The second kappa shape index (κ2) is 6.23. The second-order valence-corrected chi connectivity index (χ2v) is 7.21. The van der Waals surface area contributed by atoms with Gasteiger partial charge in [-0.05, 0) is 42.2 Å². The van der Waals surface area contributed by atoms with E-state index in [-0.39, 0.29) is 17.3 Å². The van der Waals surface area contributed by atoms with E-state index in [9.17, 15) is 9.50 Å². The Morgan fingerprint density at radius 2 is 1.95 bits per heavy atom. The number of nitrogens with one attached hydrogen (secondary N) is 1. The quantitative estimate of drug-likeness (QED) is 0.865. The van der Waals surface area contributed by atoms with Gasteiger partial charge in [0.15, 0.2) is 0 Å². The minimum absolute atomic E-state index is 0.0938. The molecule has 1 aliphatic carbocycles. The Bertz CT molecular complexity index is 435. The summed E-state index contributed by atoms with van der Waals surface area (Å²) in [6, 6.07) is 7.45. The predicted octanol–water partition coefficient (Wildman–Crippen LogP) is 3.46. The van der Waals surface area contributed by atoms with Gasteiger partial charge >= 0.3 is 0 Å². The minimum atomic E-state index is -0.303. The number of halogens is 1. The zero-order valence-corrected chi connectivity index (χ0v) is 12.7. The maximum Gasteiger partial charge on any atom is 0.126 e. The van der Waals surface area contributed by atoms with Gasteiger partial charge in [-0.25, -0.2) is 4.39 Å². The Balaban J connectivity index is 1.71. The average molecular weight is 279 g/mol. The smallest absolute Gasteiger partial charge is 0.126 e. The van der Waals surface area contributed by atoms with Gasteiger partial charge in [0, 0.05) is 12.6 Å². The SMILES string of the molecule is CC(C)(C)CC(O)CNC1CC(c2ccccc2F)C1. The van der Waals surface area contributed by atoms with Gasteiger partial charge in [0.1, 0.15) is 5.82 Å². The molecule has 1 aromatic carbocycles. The highest BCUT2D eigenvalue weighted by Gasteiger charge is 2.31. The molecule has 1 aliphatic rings. The van der Waals surface area contributed by atoms with E-state index in [2.05, 4.69) is 26.1 Å². The summed E-state index contributed by atoms with van der Waals surface area (Å²) >= 11 is 0. The van der Waals surface area contributed by atoms with Crippen LogP contribution in [0.15, 0.2) is 24.3 Å². The van der Waals surface area contributed by atoms with Crippen LogP contribution < -0.4 is 5.32 Å². The summed E-state index contributed by atoms with van der Waals surface area (Å²) in [5.41, 5.74) is 0.983. The van der Waals surface area contributed by atoms with Crippen LogP contribution in [-0.2, 0) is 0 Å². The fourth-order valence-electron chi connectivity index (χ4n) is 2.93. The van der Waals surface area contributed by atoms with E-state index in [1.165, 1.54) is 6.07 Å². The molecule has 1 unspecified atom stereocenters. The molecule has 1 saturated carbocycles. The van der Waals surface area contributed by atoms with Crippen LogP contribution in [0.3, 0.4) is 0 Å². The van der Waals surface area contributed by atoms with E-state index in [1.54, 1.807) is 6.07 Å². The maximum atomic E-state index is 13.6. The van der Waals surface area contributed by atoms with Crippen LogP contribution >= 0.6 is 0 Å². The third-order valence-corrected chi connectivity index (χ3v) is 3.97. The molecule has 3 heteroatoms. The highest BCUT2D eigenvalue weighted by Crippen LogP contribution is 2.37. The van der Waals surface area contributed by atoms with Gasteiger partial charge in [-0.15, -0.1) is 0 Å². The number of benzene rings is 1. The normalized spacial score (nSPS) is 24.2. The van der Waals surface area contributed by atoms with E-state index in [0.29, 0.717) is 18.5 Å². The Kier molecular flexibility index (Phi) is 4.82. The first-order chi connectivity index (χ1) is 9.35. The first-order valence-electron chi connectivity index (χ1n) is 7.51. The number of hydrogen-bond acceptors (Lipinski definition) is 2. The van der Waals surface area contributed by atoms with E-state index in [4.69, 9.17) is 0 Å². The monoisotopic (exact) mass is 279 g/mol. The van der Waals surface area contributed by atoms with Crippen molar-refractivity contribution in [3.8, 4) is 0 Å². The van der Waals surface area contributed by atoms with Crippen molar-refractivity contribution >= 4 is 0 Å². The zero-order valence-electron chi connectivity index (χ0n) is 12.7. The van der Waals surface area contributed by atoms with Gasteiger partial charge in [0.2, 0.25) is 0 Å². The Hall–Kier alpha value is -0.930. The van der Waals surface area contributed by atoms with Crippen molar-refractivity contribution in [3.05, 3.63) is 35.6 Å². The molecule has 0 aromatic heterocycles. The molecule has 2 nitrogen and oxygen atoms in total. The Labute approximate surface area is 121 Å². The molecule has 0 amide bonds. The molecular formula is C17H26FNO. The lowest BCUT2D eigenvalue weighted by Crippen LogP contribution is -2.44. The molecule has 0 bridgehead atoms. The molecular weight excluding hydrogens is 253 g/mol. The summed E-state index contributed by atoms with van der Waals surface area (Å²) < 4.78 is 13.6. The lowest BCUT2D eigenvalue weighted by Gasteiger charge is -2.37. The number of hydrogen-bond donors (Lipinski definition) is 2. The summed E-state index contributed by atoms with van der Waals surface area (Å²) in [5.74, 6) is 0.233. The summed E-state index contributed by atoms with van der Waals surface area (Å²) in [6.45, 7) is 7.03. The van der Waals surface area contributed by atoms with Crippen LogP contribution in [-0.4, -0.2) is 23.8 Å². The summed E-state index contributed by atoms with van der Waals surface area (Å²) in [4.78, 5) is 0. The fourth-order valence-corrected chi connectivity index (χ4v) is 2.93. The maximum absolute atomic E-state index is 13.6. The van der Waals surface area contributed by atoms with Crippen LogP contribution in [0.1, 0.15) is 51.5 Å². The molecule has 0 heterocycles. The molecule has 112 valence electrons. The third-order valence-electron chi connectivity index (χ3n) is 3.97. The van der Waals surface area contributed by atoms with E-state index in [1.807, 2.05) is 12.1 Å². The third kappa shape index (κ3) is 4.29. The van der Waals surface area contributed by atoms with Crippen LogP contribution in [0.4, 0.5) is 4.39 Å². The Morgan fingerprint density at radius 1 is 1.30 bits per heavy atom. The topological polar surface area (TPSA) is 32.3 Å². The molecule has 20 heavy (non-hydrogen) atoms. The average Bonchev–Trinajstić information content (AvgIpc) is 2.26. The largest absolute Gasteiger partial charge is 0.392 e. The zero-order chi connectivity index (χ0) is 14.8. The van der Waals surface area contributed by atoms with Crippen molar-refractivity contribution < 1.29 is 9.50 Å². The van der Waals surface area contributed by atoms with Crippen LogP contribution in [0.25, 0.3) is 0 Å². The molecule has 1 atom stereocenters. The van der Waals surface area contributed by atoms with E-state index < -0.39 is 0 Å². The van der Waals surface area contributed by atoms with Crippen molar-refractivity contribution in [2.75, 3.05) is 6.54 Å². The molecule has 1 fully saturated rings. The lowest BCUT2D eigenvalue weighted by molar-refractivity contribution is 0.110. The van der Waals surface area contributed by atoms with Gasteiger partial charge in [0.25, 0.3) is 0 Å². The summed E-state index contributed by atoms with van der Waals surface area (Å²) in [7, 11) is 0. The highest BCUT2D eigenvalue weighted by atomic mass is 19.1. The molecule has 0 aliphatic heterocycles. The van der Waals surface area contributed by atoms with Gasteiger partial charge in [0.05, 0.1) is 6.10 Å². The second-order valence-electron chi connectivity index (χ2n) is 7.21. The van der Waals surface area contributed by atoms with Gasteiger partial charge < -0.3 is 10.4 Å². The highest BCUT2D eigenvalue weighted by molar-refractivity contribution is 5.24. The van der Waals surface area contributed by atoms with Gasteiger partial charge in [-0.1, -0.05) is 39.0 Å². The number of aliphatic hydroxyl groups is 1. The number of rotatable bonds is 5. The van der Waals surface area contributed by atoms with Crippen LogP contribution in [0, 0.1) is 11.2 Å². The molecule has 2 rings (SSSR count). The molecule has 0 radical (unpaired) electrons. The minimum Gasteiger partial charge on any atom is -0.392 e. The summed E-state index contributed by atoms with van der Waals surface area (Å²) in [5, 5.41) is 13.3. The van der Waals surface area contributed by atoms with E-state index in [0.717, 1.165) is 24.8 Å². The summed E-state index contributed by atoms with van der Waals surface area (Å²) in [6.07, 6.45) is 2.41. The fraction of sp³-hybridized carbons (Fsp3) is 0.647. The van der Waals surface area contributed by atoms with Crippen molar-refractivity contribution in [1.29, 1.82) is 0 Å². The Morgan fingerprint density at radius 3 is 2.55 bits per heavy atom. The van der Waals surface area contributed by atoms with E-state index >= 15 is 0 Å². The van der Waals surface area contributed by atoms with Crippen LogP contribution in [0.5, 0.6) is 0 Å². The van der Waals surface area contributed by atoms with Crippen molar-refractivity contribution in [1.82, 2.24) is 5.32 Å². The van der Waals surface area contributed by atoms with Crippen molar-refractivity contribution in [2.24, 2.45) is 5.41 Å². The first-order valence-corrected chi connectivity index (χ1v) is 7.51.